The molecule has 1 atom stereocenters. The van der Waals surface area contributed by atoms with E-state index in [1.165, 1.54) is 19.3 Å². The molecule has 1 amide bonds. The molecule has 122 valence electrons. The molecule has 0 aliphatic heterocycles. The molecule has 0 radical (unpaired) electrons. The fraction of sp³-hybridized carbons (Fsp3) is 0.812. The average Bonchev–Trinajstić information content (AvgIpc) is 2.88. The van der Waals surface area contributed by atoms with Gasteiger partial charge >= 0.3 is 6.09 Å². The zero-order valence-corrected chi connectivity index (χ0v) is 13.7. The summed E-state index contributed by atoms with van der Waals surface area (Å²) in [6.45, 7) is 7.68. The van der Waals surface area contributed by atoms with Gasteiger partial charge in [-0.15, -0.1) is 0 Å². The van der Waals surface area contributed by atoms with Crippen LogP contribution in [0.5, 0.6) is 0 Å². The third-order valence-electron chi connectivity index (χ3n) is 3.46. The molecule has 0 bridgehead atoms. The van der Waals surface area contributed by atoms with E-state index in [0.29, 0.717) is 13.1 Å². The van der Waals surface area contributed by atoms with Gasteiger partial charge in [-0.3, -0.25) is 0 Å². The second-order valence-electron chi connectivity index (χ2n) is 6.61. The summed E-state index contributed by atoms with van der Waals surface area (Å²) in [4.78, 5) is 11.5. The Morgan fingerprint density at radius 2 is 2.19 bits per heavy atom. The van der Waals surface area contributed by atoms with E-state index >= 15 is 0 Å². The quantitative estimate of drug-likeness (QED) is 0.601. The molecule has 4 N–H and O–H groups in total. The number of nitrogens with two attached hydrogens (primary N) is 1. The molecule has 1 aliphatic rings. The Hall–Kier alpha value is -1.07. The molecule has 1 unspecified atom stereocenters. The van der Waals surface area contributed by atoms with Crippen LogP contribution in [0.25, 0.3) is 0 Å². The number of carbonyl (C=O) groups is 1. The highest BCUT2D eigenvalue weighted by Crippen LogP contribution is 2.19. The van der Waals surface area contributed by atoms with Crippen LogP contribution < -0.4 is 16.4 Å². The fourth-order valence-corrected chi connectivity index (χ4v) is 2.37. The van der Waals surface area contributed by atoms with Crippen molar-refractivity contribution in [2.45, 2.75) is 64.5 Å². The Bertz CT molecular complexity index is 348. The molecule has 5 nitrogen and oxygen atoms in total. The van der Waals surface area contributed by atoms with E-state index in [0.717, 1.165) is 19.4 Å². The Balaban J connectivity index is 2.11. The first-order valence-corrected chi connectivity index (χ1v) is 7.99. The minimum atomic E-state index is -0.454. The summed E-state index contributed by atoms with van der Waals surface area (Å²) in [5.41, 5.74) is 6.87. The molecular formula is C16H31N3O2. The van der Waals surface area contributed by atoms with Gasteiger partial charge in [-0.05, 0) is 59.4 Å². The average molecular weight is 297 g/mol. The molecule has 0 aromatic carbocycles. The lowest BCUT2D eigenvalue weighted by atomic mass is 10.1. The fourth-order valence-electron chi connectivity index (χ4n) is 2.37. The summed E-state index contributed by atoms with van der Waals surface area (Å²) in [7, 11) is 0. The van der Waals surface area contributed by atoms with E-state index < -0.39 is 5.60 Å². The summed E-state index contributed by atoms with van der Waals surface area (Å²) in [5, 5.41) is 6.23. The highest BCUT2D eigenvalue weighted by atomic mass is 16.6. The molecule has 1 aliphatic carbocycles. The minimum Gasteiger partial charge on any atom is -0.444 e. The predicted molar refractivity (Wildman–Crippen MR) is 86.2 cm³/mol. The lowest BCUT2D eigenvalue weighted by Gasteiger charge is -2.21. The first-order valence-electron chi connectivity index (χ1n) is 7.99. The smallest absolute Gasteiger partial charge is 0.407 e. The summed E-state index contributed by atoms with van der Waals surface area (Å²) >= 11 is 0. The number of allylic oxidation sites excluding steroid dienone is 1. The lowest BCUT2D eigenvalue weighted by Crippen LogP contribution is -2.40. The van der Waals surface area contributed by atoms with Crippen molar-refractivity contribution in [2.75, 3.05) is 19.6 Å². The number of hydrogen-bond acceptors (Lipinski definition) is 4. The van der Waals surface area contributed by atoms with Crippen molar-refractivity contribution in [1.82, 2.24) is 10.6 Å². The molecule has 0 fully saturated rings. The van der Waals surface area contributed by atoms with E-state index in [4.69, 9.17) is 10.5 Å². The van der Waals surface area contributed by atoms with E-state index in [1.807, 2.05) is 20.8 Å². The maximum absolute atomic E-state index is 11.5. The Kier molecular flexibility index (Phi) is 7.75. The first-order chi connectivity index (χ1) is 9.90. The first kappa shape index (κ1) is 18.0. The largest absolute Gasteiger partial charge is 0.444 e. The van der Waals surface area contributed by atoms with Gasteiger partial charge in [0.2, 0.25) is 0 Å². The maximum Gasteiger partial charge on any atom is 0.407 e. The summed E-state index contributed by atoms with van der Waals surface area (Å²) in [6.07, 6.45) is 7.68. The van der Waals surface area contributed by atoms with Crippen molar-refractivity contribution in [2.24, 2.45) is 5.73 Å². The van der Waals surface area contributed by atoms with Gasteiger partial charge in [0, 0.05) is 19.1 Å². The van der Waals surface area contributed by atoms with E-state index in [-0.39, 0.29) is 12.1 Å². The number of nitrogens with one attached hydrogen (secondary N) is 2. The second-order valence-corrected chi connectivity index (χ2v) is 6.61. The third-order valence-corrected chi connectivity index (χ3v) is 3.46. The van der Waals surface area contributed by atoms with Crippen molar-refractivity contribution in [3.63, 3.8) is 0 Å². The molecule has 0 saturated carbocycles. The number of rotatable bonds is 8. The number of hydrogen-bond donors (Lipinski definition) is 3. The van der Waals surface area contributed by atoms with Gasteiger partial charge in [0.05, 0.1) is 0 Å². The molecule has 0 spiro atoms. The van der Waals surface area contributed by atoms with Crippen LogP contribution in [0.3, 0.4) is 0 Å². The molecule has 1 rings (SSSR count). The van der Waals surface area contributed by atoms with Crippen LogP contribution in [0.4, 0.5) is 4.79 Å². The van der Waals surface area contributed by atoms with Crippen LogP contribution in [0.2, 0.25) is 0 Å². The van der Waals surface area contributed by atoms with Crippen molar-refractivity contribution in [3.05, 3.63) is 11.6 Å². The van der Waals surface area contributed by atoms with Crippen LogP contribution >= 0.6 is 0 Å². The van der Waals surface area contributed by atoms with Crippen LogP contribution in [0, 0.1) is 0 Å². The Labute approximate surface area is 128 Å². The highest BCUT2D eigenvalue weighted by Gasteiger charge is 2.16. The molecule has 0 heterocycles. The van der Waals surface area contributed by atoms with E-state index in [9.17, 15) is 4.79 Å². The monoisotopic (exact) mass is 297 g/mol. The molecule has 5 heteroatoms. The van der Waals surface area contributed by atoms with Crippen molar-refractivity contribution >= 4 is 6.09 Å². The summed E-state index contributed by atoms with van der Waals surface area (Å²) in [6, 6.07) is 0.238. The normalized spacial score (nSPS) is 16.5. The van der Waals surface area contributed by atoms with Crippen LogP contribution in [0.1, 0.15) is 52.9 Å². The zero-order chi connectivity index (χ0) is 15.7. The van der Waals surface area contributed by atoms with Gasteiger partial charge in [-0.1, -0.05) is 11.6 Å². The molecule has 0 aromatic rings. The number of alkyl carbamates (subject to hydrolysis) is 1. The molecule has 0 aromatic heterocycles. The standard InChI is InChI=1S/C16H31N3O2/c1-16(2,3)21-15(20)19-11-9-14(12-17)18-10-8-13-6-4-5-7-13/h6,14,18H,4-5,7-12,17H2,1-3H3,(H,19,20). The summed E-state index contributed by atoms with van der Waals surface area (Å²) < 4.78 is 5.19. The van der Waals surface area contributed by atoms with Gasteiger partial charge in [-0.2, -0.15) is 0 Å². The zero-order valence-electron chi connectivity index (χ0n) is 13.7. The van der Waals surface area contributed by atoms with Crippen molar-refractivity contribution < 1.29 is 9.53 Å². The van der Waals surface area contributed by atoms with Gasteiger partial charge in [0.25, 0.3) is 0 Å². The van der Waals surface area contributed by atoms with E-state index in [1.54, 1.807) is 5.57 Å². The molecular weight excluding hydrogens is 266 g/mol. The number of ether oxygens (including phenoxy) is 1. The highest BCUT2D eigenvalue weighted by molar-refractivity contribution is 5.67. The maximum atomic E-state index is 11.5. The minimum absolute atomic E-state index is 0.238. The molecule has 21 heavy (non-hydrogen) atoms. The lowest BCUT2D eigenvalue weighted by molar-refractivity contribution is 0.0526. The Morgan fingerprint density at radius 1 is 1.43 bits per heavy atom. The van der Waals surface area contributed by atoms with Gasteiger partial charge < -0.3 is 21.1 Å². The van der Waals surface area contributed by atoms with E-state index in [2.05, 4.69) is 16.7 Å². The topological polar surface area (TPSA) is 76.4 Å². The third kappa shape index (κ3) is 8.73. The number of carbonyl (C=O) groups excluding carboxylic acids is 1. The van der Waals surface area contributed by atoms with Crippen LogP contribution in [-0.4, -0.2) is 37.4 Å². The van der Waals surface area contributed by atoms with Crippen molar-refractivity contribution in [1.29, 1.82) is 0 Å². The number of amides is 1. The van der Waals surface area contributed by atoms with Gasteiger partial charge in [0.1, 0.15) is 5.60 Å². The predicted octanol–water partition coefficient (Wildman–Crippen LogP) is 2.32. The van der Waals surface area contributed by atoms with Crippen LogP contribution in [0.15, 0.2) is 11.6 Å². The van der Waals surface area contributed by atoms with Gasteiger partial charge in [0.15, 0.2) is 0 Å². The Morgan fingerprint density at radius 3 is 2.76 bits per heavy atom. The second kappa shape index (κ2) is 9.05. The summed E-state index contributed by atoms with van der Waals surface area (Å²) in [5.74, 6) is 0. The van der Waals surface area contributed by atoms with Crippen LogP contribution in [-0.2, 0) is 4.74 Å². The van der Waals surface area contributed by atoms with Crippen molar-refractivity contribution in [3.8, 4) is 0 Å². The SMILES string of the molecule is CC(C)(C)OC(=O)NCCC(CN)NCCC1=CCCC1. The van der Waals surface area contributed by atoms with Gasteiger partial charge in [-0.25, -0.2) is 4.79 Å². The molecule has 0 saturated heterocycles.